The van der Waals surface area contributed by atoms with Crippen molar-refractivity contribution in [1.29, 1.82) is 0 Å². The fourth-order valence-corrected chi connectivity index (χ4v) is 4.78. The summed E-state index contributed by atoms with van der Waals surface area (Å²) in [6.07, 6.45) is 2.24. The average Bonchev–Trinajstić information content (AvgIpc) is 2.98. The van der Waals surface area contributed by atoms with Crippen LogP contribution in [0.2, 0.25) is 0 Å². The Morgan fingerprint density at radius 2 is 1.83 bits per heavy atom. The van der Waals surface area contributed by atoms with Crippen LogP contribution in [0.4, 0.5) is 4.79 Å². The van der Waals surface area contributed by atoms with Gasteiger partial charge in [-0.1, -0.05) is 0 Å². The Bertz CT molecular complexity index is 504. The van der Waals surface area contributed by atoms with Crippen molar-refractivity contribution in [2.75, 3.05) is 6.54 Å². The lowest BCUT2D eigenvalue weighted by molar-refractivity contribution is -0.163. The standard InChI is InChI=1S/C17H27NO5/c1-16(2,3)23-15(22)18-9-10-8-12(18)13(10)17(14(20)21)6-4-11(19)5-7-17/h10-13,19H,4-9H2,1-3H3,(H,20,21)/t10-,11?,12-,13?,17?/m0/s1. The largest absolute Gasteiger partial charge is 0.481 e. The number of aliphatic hydroxyl groups is 1. The quantitative estimate of drug-likeness (QED) is 0.813. The van der Waals surface area contributed by atoms with Gasteiger partial charge in [-0.05, 0) is 58.8 Å². The second-order valence-corrected chi connectivity index (χ2v) is 8.41. The molecule has 4 fully saturated rings. The van der Waals surface area contributed by atoms with Crippen LogP contribution in [-0.4, -0.2) is 51.5 Å². The average molecular weight is 325 g/mol. The van der Waals surface area contributed by atoms with E-state index in [4.69, 9.17) is 4.74 Å². The molecule has 2 bridgehead atoms. The molecule has 0 aromatic heterocycles. The van der Waals surface area contributed by atoms with Crippen LogP contribution in [0.1, 0.15) is 52.9 Å². The fourth-order valence-electron chi connectivity index (χ4n) is 4.78. The van der Waals surface area contributed by atoms with Gasteiger partial charge in [0.2, 0.25) is 0 Å². The Morgan fingerprint density at radius 3 is 2.35 bits per heavy atom. The van der Waals surface area contributed by atoms with E-state index >= 15 is 0 Å². The van der Waals surface area contributed by atoms with Gasteiger partial charge in [-0.25, -0.2) is 4.79 Å². The number of ether oxygens (including phenoxy) is 1. The summed E-state index contributed by atoms with van der Waals surface area (Å²) >= 11 is 0. The van der Waals surface area contributed by atoms with Crippen LogP contribution in [0.5, 0.6) is 0 Å². The summed E-state index contributed by atoms with van der Waals surface area (Å²) in [5.41, 5.74) is -1.33. The Labute approximate surface area is 136 Å². The summed E-state index contributed by atoms with van der Waals surface area (Å²) in [6, 6.07) is -0.0267. The van der Waals surface area contributed by atoms with E-state index in [-0.39, 0.29) is 30.1 Å². The zero-order valence-electron chi connectivity index (χ0n) is 14.1. The normalized spacial score (nSPS) is 39.7. The molecule has 6 nitrogen and oxygen atoms in total. The third kappa shape index (κ3) is 2.71. The number of carboxylic acid groups (broad SMARTS) is 1. The molecule has 3 atom stereocenters. The molecule has 2 saturated heterocycles. The Balaban J connectivity index is 1.75. The number of rotatable bonds is 2. The summed E-state index contributed by atoms with van der Waals surface area (Å²) in [6.45, 7) is 6.11. The molecule has 4 aliphatic rings. The SMILES string of the molecule is CC(C)(C)OC(=O)N1C[C@@H]2C[C@H]1C2C1(C(=O)O)CCC(O)CC1. The highest BCUT2D eigenvalue weighted by Gasteiger charge is 2.64. The van der Waals surface area contributed by atoms with Gasteiger partial charge < -0.3 is 19.8 Å². The van der Waals surface area contributed by atoms with Crippen molar-refractivity contribution in [3.63, 3.8) is 0 Å². The minimum atomic E-state index is -0.788. The molecule has 0 aromatic rings. The molecule has 0 radical (unpaired) electrons. The predicted molar refractivity (Wildman–Crippen MR) is 82.9 cm³/mol. The minimum Gasteiger partial charge on any atom is -0.481 e. The first-order valence-corrected chi connectivity index (χ1v) is 8.55. The van der Waals surface area contributed by atoms with Crippen LogP contribution >= 0.6 is 0 Å². The highest BCUT2D eigenvalue weighted by molar-refractivity contribution is 5.77. The van der Waals surface area contributed by atoms with Gasteiger partial charge in [0, 0.05) is 18.5 Å². The number of aliphatic carboxylic acids is 1. The maximum Gasteiger partial charge on any atom is 0.410 e. The van der Waals surface area contributed by atoms with Gasteiger partial charge >= 0.3 is 12.1 Å². The van der Waals surface area contributed by atoms with E-state index in [2.05, 4.69) is 0 Å². The van der Waals surface area contributed by atoms with E-state index < -0.39 is 17.0 Å². The summed E-state index contributed by atoms with van der Waals surface area (Å²) in [5, 5.41) is 19.6. The van der Waals surface area contributed by atoms with Crippen molar-refractivity contribution in [1.82, 2.24) is 4.90 Å². The molecule has 0 spiro atoms. The molecule has 0 aromatic carbocycles. The lowest BCUT2D eigenvalue weighted by Crippen LogP contribution is -2.55. The molecule has 130 valence electrons. The van der Waals surface area contributed by atoms with E-state index in [0.717, 1.165) is 6.42 Å². The molecular formula is C17H27NO5. The van der Waals surface area contributed by atoms with Crippen LogP contribution in [0.3, 0.4) is 0 Å². The van der Waals surface area contributed by atoms with Gasteiger partial charge in [0.05, 0.1) is 11.5 Å². The van der Waals surface area contributed by atoms with Gasteiger partial charge in [-0.2, -0.15) is 0 Å². The number of carboxylic acids is 1. The maximum absolute atomic E-state index is 12.4. The van der Waals surface area contributed by atoms with Crippen molar-refractivity contribution in [2.45, 2.75) is 70.6 Å². The lowest BCUT2D eigenvalue weighted by atomic mass is 9.54. The molecule has 2 aliphatic heterocycles. The summed E-state index contributed by atoms with van der Waals surface area (Å²) < 4.78 is 5.46. The second-order valence-electron chi connectivity index (χ2n) is 8.41. The molecule has 1 unspecified atom stereocenters. The first-order chi connectivity index (χ1) is 10.6. The third-order valence-electron chi connectivity index (χ3n) is 5.84. The molecular weight excluding hydrogens is 298 g/mol. The van der Waals surface area contributed by atoms with Crippen molar-refractivity contribution >= 4 is 12.1 Å². The number of hydrogen-bond donors (Lipinski definition) is 2. The van der Waals surface area contributed by atoms with E-state index in [1.54, 1.807) is 4.90 Å². The smallest absolute Gasteiger partial charge is 0.410 e. The zero-order valence-corrected chi connectivity index (χ0v) is 14.1. The molecule has 4 rings (SSSR count). The van der Waals surface area contributed by atoms with Gasteiger partial charge in [0.1, 0.15) is 5.60 Å². The highest BCUT2D eigenvalue weighted by atomic mass is 16.6. The first-order valence-electron chi connectivity index (χ1n) is 8.55. The number of nitrogens with zero attached hydrogens (tertiary/aromatic N) is 1. The van der Waals surface area contributed by atoms with Gasteiger partial charge in [-0.3, -0.25) is 4.79 Å². The van der Waals surface area contributed by atoms with Crippen LogP contribution < -0.4 is 0 Å². The van der Waals surface area contributed by atoms with Crippen molar-refractivity contribution in [3.8, 4) is 0 Å². The van der Waals surface area contributed by atoms with Crippen molar-refractivity contribution in [2.24, 2.45) is 17.3 Å². The molecule has 23 heavy (non-hydrogen) atoms. The van der Waals surface area contributed by atoms with E-state index in [1.807, 2.05) is 20.8 Å². The number of carbonyl (C=O) groups excluding carboxylic acids is 1. The topological polar surface area (TPSA) is 87.1 Å². The van der Waals surface area contributed by atoms with Gasteiger partial charge in [0.25, 0.3) is 0 Å². The van der Waals surface area contributed by atoms with Crippen LogP contribution in [-0.2, 0) is 9.53 Å². The zero-order chi connectivity index (χ0) is 17.0. The number of fused-ring (bicyclic) bond motifs is 1. The van der Waals surface area contributed by atoms with Crippen LogP contribution in [0.25, 0.3) is 0 Å². The number of carbonyl (C=O) groups is 2. The Hall–Kier alpha value is -1.30. The number of aliphatic hydroxyl groups excluding tert-OH is 1. The molecule has 2 N–H and O–H groups in total. The summed E-state index contributed by atoms with van der Waals surface area (Å²) in [4.78, 5) is 26.1. The van der Waals surface area contributed by atoms with Crippen LogP contribution in [0, 0.1) is 17.3 Å². The summed E-state index contributed by atoms with van der Waals surface area (Å²) in [5.74, 6) is -0.519. The first kappa shape index (κ1) is 16.6. The Kier molecular flexibility index (Phi) is 3.86. The molecule has 1 amide bonds. The Morgan fingerprint density at radius 1 is 1.22 bits per heavy atom. The van der Waals surface area contributed by atoms with Crippen molar-refractivity contribution < 1.29 is 24.5 Å². The lowest BCUT2D eigenvalue weighted by Gasteiger charge is -2.50. The fraction of sp³-hybridized carbons (Fsp3) is 0.882. The number of amides is 1. The molecule has 2 aliphatic carbocycles. The maximum atomic E-state index is 12.4. The molecule has 6 heteroatoms. The highest BCUT2D eigenvalue weighted by Crippen LogP contribution is 2.59. The number of hydrogen-bond acceptors (Lipinski definition) is 4. The monoisotopic (exact) mass is 325 g/mol. The van der Waals surface area contributed by atoms with Gasteiger partial charge in [-0.15, -0.1) is 0 Å². The van der Waals surface area contributed by atoms with E-state index in [1.165, 1.54) is 0 Å². The van der Waals surface area contributed by atoms with Crippen LogP contribution in [0.15, 0.2) is 0 Å². The third-order valence-corrected chi connectivity index (χ3v) is 5.84. The second kappa shape index (κ2) is 5.36. The van der Waals surface area contributed by atoms with E-state index in [0.29, 0.717) is 32.2 Å². The van der Waals surface area contributed by atoms with Gasteiger partial charge in [0.15, 0.2) is 0 Å². The van der Waals surface area contributed by atoms with E-state index in [9.17, 15) is 19.8 Å². The summed E-state index contributed by atoms with van der Waals surface area (Å²) in [7, 11) is 0. The predicted octanol–water partition coefficient (Wildman–Crippen LogP) is 2.25. The molecule has 2 heterocycles. The van der Waals surface area contributed by atoms with Crippen molar-refractivity contribution in [3.05, 3.63) is 0 Å². The minimum absolute atomic E-state index is 0.0000170. The molecule has 2 saturated carbocycles.